The number of fused-ring (bicyclic) bond motifs is 2. The molecule has 2 amide bonds. The normalized spacial score (nSPS) is 19.4. The highest BCUT2D eigenvalue weighted by Crippen LogP contribution is 2.40. The zero-order valence-electron chi connectivity index (χ0n) is 19.4. The highest BCUT2D eigenvalue weighted by molar-refractivity contribution is 8.00. The maximum Gasteiger partial charge on any atom is 0.352 e. The molecule has 5 heterocycles. The summed E-state index contributed by atoms with van der Waals surface area (Å²) in [6, 6.07) is 2.54. The lowest BCUT2D eigenvalue weighted by Gasteiger charge is -2.49. The van der Waals surface area contributed by atoms with Crippen molar-refractivity contribution >= 4 is 69.0 Å². The van der Waals surface area contributed by atoms with Gasteiger partial charge in [-0.05, 0) is 6.07 Å². The number of nitrogens with zero attached hydrogens (tertiary/aromatic N) is 5. The topological polar surface area (TPSA) is 155 Å². The number of β-lactam (4-membered cyclic amide) rings is 1. The van der Waals surface area contributed by atoms with E-state index in [1.807, 2.05) is 15.0 Å². The number of anilines is 1. The Balaban J connectivity index is 1.36. The molecule has 198 valence electrons. The average Bonchev–Trinajstić information content (AvgIpc) is 3.50. The first-order valence-electron chi connectivity index (χ1n) is 11.1. The van der Waals surface area contributed by atoms with E-state index in [1.54, 1.807) is 24.7 Å². The van der Waals surface area contributed by atoms with Crippen molar-refractivity contribution in [3.8, 4) is 0 Å². The molecule has 0 spiro atoms. The number of nitrogens with one attached hydrogen (secondary N) is 1. The SMILES string of the molecule is Nc1nc(C(=NOCCF)C(=O)N[C@@H]2C(=O)N3C(C(=O)O)=C(C[n+]4ccn5cc(Cl)ccc54)CS[C@@H]23)cs1. The van der Waals surface area contributed by atoms with Gasteiger partial charge in [0.15, 0.2) is 10.8 Å². The molecular weight excluding hydrogens is 561 g/mol. The number of alkyl halides is 1. The molecule has 38 heavy (non-hydrogen) atoms. The van der Waals surface area contributed by atoms with E-state index in [0.29, 0.717) is 16.3 Å². The lowest BCUT2D eigenvalue weighted by atomic mass is 10.0. The number of carboxylic acids is 1. The number of pyridine rings is 1. The number of oxime groups is 1. The molecule has 1 fully saturated rings. The van der Waals surface area contributed by atoms with Crippen LogP contribution in [0.2, 0.25) is 5.02 Å². The third kappa shape index (κ3) is 4.79. The Morgan fingerprint density at radius 3 is 2.95 bits per heavy atom. The summed E-state index contributed by atoms with van der Waals surface area (Å²) in [5.41, 5.74) is 6.71. The van der Waals surface area contributed by atoms with Gasteiger partial charge in [-0.25, -0.2) is 23.1 Å². The molecule has 12 nitrogen and oxygen atoms in total. The smallest absolute Gasteiger partial charge is 0.352 e. The molecule has 2 atom stereocenters. The standard InChI is InChI=1S/C22H19ClFN7O5S2/c23-12-1-2-14-29(4-5-30(14)8-12)7-11-9-37-20-16(19(33)31(20)17(11)21(34)35)27-18(32)15(28-36-6-3-24)13-10-38-22(25)26-13/h1-2,4-5,8,10,16,20H,3,6-7,9H2,(H3-,25,26,27,32,34,35)/p+1/t16-,20+/m1/s1. The van der Waals surface area contributed by atoms with Gasteiger partial charge in [-0.15, -0.1) is 23.1 Å². The lowest BCUT2D eigenvalue weighted by molar-refractivity contribution is -0.662. The Bertz CT molecular complexity index is 1510. The Morgan fingerprint density at radius 1 is 1.42 bits per heavy atom. The molecule has 0 aromatic carbocycles. The van der Waals surface area contributed by atoms with E-state index < -0.39 is 35.9 Å². The molecule has 16 heteroatoms. The predicted octanol–water partition coefficient (Wildman–Crippen LogP) is 1.05. The molecule has 0 aliphatic carbocycles. The monoisotopic (exact) mass is 580 g/mol. The largest absolute Gasteiger partial charge is 0.477 e. The average molecular weight is 581 g/mol. The van der Waals surface area contributed by atoms with Gasteiger partial charge in [-0.3, -0.25) is 14.5 Å². The van der Waals surface area contributed by atoms with Gasteiger partial charge < -0.3 is 21.0 Å². The van der Waals surface area contributed by atoms with Crippen molar-refractivity contribution in [2.75, 3.05) is 24.8 Å². The predicted molar refractivity (Wildman–Crippen MR) is 137 cm³/mol. The first kappa shape index (κ1) is 25.9. The molecule has 5 rings (SSSR count). The number of amides is 2. The van der Waals surface area contributed by atoms with Crippen LogP contribution >= 0.6 is 34.7 Å². The zero-order valence-corrected chi connectivity index (χ0v) is 21.8. The van der Waals surface area contributed by atoms with Gasteiger partial charge >= 0.3 is 5.97 Å². The van der Waals surface area contributed by atoms with Crippen LogP contribution in [0, 0.1) is 0 Å². The number of nitrogen functional groups attached to an aromatic ring is 1. The van der Waals surface area contributed by atoms with Gasteiger partial charge in [-0.2, -0.15) is 0 Å². The first-order valence-corrected chi connectivity index (χ1v) is 13.4. The quantitative estimate of drug-likeness (QED) is 0.111. The van der Waals surface area contributed by atoms with Gasteiger partial charge in [0.2, 0.25) is 0 Å². The molecule has 0 bridgehead atoms. The summed E-state index contributed by atoms with van der Waals surface area (Å²) in [6.07, 6.45) is 5.33. The summed E-state index contributed by atoms with van der Waals surface area (Å²) in [7, 11) is 0. The minimum absolute atomic E-state index is 0.107. The van der Waals surface area contributed by atoms with Crippen molar-refractivity contribution in [3.05, 3.63) is 58.1 Å². The number of imidazole rings is 1. The number of carbonyl (C=O) groups is 3. The lowest BCUT2D eigenvalue weighted by Crippen LogP contribution is -2.71. The maximum atomic E-state index is 13.1. The summed E-state index contributed by atoms with van der Waals surface area (Å²) in [5, 5.41) is 17.8. The van der Waals surface area contributed by atoms with Gasteiger partial charge in [0.1, 0.15) is 61.2 Å². The summed E-state index contributed by atoms with van der Waals surface area (Å²) >= 11 is 8.45. The van der Waals surface area contributed by atoms with E-state index in [9.17, 15) is 23.9 Å². The van der Waals surface area contributed by atoms with Crippen LogP contribution in [-0.2, 0) is 25.8 Å². The molecule has 0 unspecified atom stereocenters. The number of thioether (sulfide) groups is 1. The Kier molecular flexibility index (Phi) is 7.23. The van der Waals surface area contributed by atoms with Crippen LogP contribution in [-0.4, -0.2) is 73.3 Å². The molecule has 1 saturated heterocycles. The highest BCUT2D eigenvalue weighted by Gasteiger charge is 2.54. The van der Waals surface area contributed by atoms with Crippen molar-refractivity contribution < 1.29 is 33.3 Å². The zero-order chi connectivity index (χ0) is 27.0. The number of rotatable bonds is 9. The first-order chi connectivity index (χ1) is 18.3. The fourth-order valence-corrected chi connectivity index (χ4v) is 6.22. The second kappa shape index (κ2) is 10.6. The van der Waals surface area contributed by atoms with Crippen LogP contribution in [0.5, 0.6) is 0 Å². The molecule has 4 N–H and O–H groups in total. The van der Waals surface area contributed by atoms with E-state index >= 15 is 0 Å². The third-order valence-electron chi connectivity index (χ3n) is 5.82. The second-order valence-electron chi connectivity index (χ2n) is 8.19. The van der Waals surface area contributed by atoms with E-state index in [-0.39, 0.29) is 35.4 Å². The van der Waals surface area contributed by atoms with Crippen LogP contribution in [0.3, 0.4) is 0 Å². The van der Waals surface area contributed by atoms with E-state index in [2.05, 4.69) is 15.5 Å². The number of thiazole rings is 1. The number of hydrogen-bond donors (Lipinski definition) is 3. The number of hydrogen-bond acceptors (Lipinski definition) is 9. The summed E-state index contributed by atoms with van der Waals surface area (Å²) in [6.45, 7) is -0.943. The van der Waals surface area contributed by atoms with Gasteiger partial charge in [0.25, 0.3) is 17.5 Å². The van der Waals surface area contributed by atoms with Crippen molar-refractivity contribution in [2.45, 2.75) is 18.0 Å². The molecule has 0 saturated carbocycles. The minimum Gasteiger partial charge on any atom is -0.477 e. The Labute approximate surface area is 227 Å². The number of aliphatic carboxylic acids is 1. The molecular formula is C22H20ClFN7O5S2+. The van der Waals surface area contributed by atoms with Crippen LogP contribution in [0.1, 0.15) is 5.69 Å². The maximum absolute atomic E-state index is 13.1. The van der Waals surface area contributed by atoms with E-state index in [1.165, 1.54) is 22.0 Å². The molecule has 2 aliphatic rings. The van der Waals surface area contributed by atoms with Crippen molar-refractivity contribution in [2.24, 2.45) is 5.16 Å². The molecule has 3 aromatic rings. The number of carbonyl (C=O) groups excluding carboxylic acids is 2. The summed E-state index contributed by atoms with van der Waals surface area (Å²) in [5.74, 6) is -2.28. The van der Waals surface area contributed by atoms with Crippen LogP contribution in [0.4, 0.5) is 9.52 Å². The van der Waals surface area contributed by atoms with Gasteiger partial charge in [0.05, 0.1) is 5.02 Å². The molecule has 0 radical (unpaired) electrons. The van der Waals surface area contributed by atoms with Crippen LogP contribution in [0.25, 0.3) is 5.65 Å². The second-order valence-corrected chi connectivity index (χ2v) is 10.6. The van der Waals surface area contributed by atoms with Crippen LogP contribution < -0.4 is 15.6 Å². The summed E-state index contributed by atoms with van der Waals surface area (Å²) in [4.78, 5) is 48.3. The molecule has 3 aromatic heterocycles. The van der Waals surface area contributed by atoms with Crippen molar-refractivity contribution in [1.82, 2.24) is 19.6 Å². The number of carboxylic acid groups (broad SMARTS) is 1. The Morgan fingerprint density at radius 2 is 2.24 bits per heavy atom. The Hall–Kier alpha value is -3.69. The number of nitrogens with two attached hydrogens (primary N) is 1. The van der Waals surface area contributed by atoms with E-state index in [0.717, 1.165) is 17.0 Å². The van der Waals surface area contributed by atoms with Crippen LogP contribution in [0.15, 0.2) is 52.5 Å². The van der Waals surface area contributed by atoms with Gasteiger partial charge in [-0.1, -0.05) is 16.8 Å². The number of aromatic nitrogens is 3. The highest BCUT2D eigenvalue weighted by atomic mass is 35.5. The van der Waals surface area contributed by atoms with E-state index in [4.69, 9.17) is 22.2 Å². The fourth-order valence-electron chi connectivity index (χ4n) is 4.17. The third-order valence-corrected chi connectivity index (χ3v) is 8.06. The fraction of sp³-hybridized carbons (Fsp3) is 0.273. The number of halogens is 2. The van der Waals surface area contributed by atoms with Crippen molar-refractivity contribution in [3.63, 3.8) is 0 Å². The minimum atomic E-state index is -1.24. The summed E-state index contributed by atoms with van der Waals surface area (Å²) < 4.78 is 16.1. The van der Waals surface area contributed by atoms with Crippen molar-refractivity contribution in [1.29, 1.82) is 0 Å². The van der Waals surface area contributed by atoms with Gasteiger partial charge in [0, 0.05) is 22.8 Å². The molecule has 2 aliphatic heterocycles.